The Kier molecular flexibility index (Phi) is 6.29. The molecule has 2 aromatic rings. The Labute approximate surface area is 139 Å². The molecule has 0 aliphatic carbocycles. The van der Waals surface area contributed by atoms with Gasteiger partial charge in [-0.2, -0.15) is 0 Å². The van der Waals surface area contributed by atoms with E-state index in [1.165, 1.54) is 11.3 Å². The Morgan fingerprint density at radius 2 is 2.00 bits per heavy atom. The van der Waals surface area contributed by atoms with Crippen molar-refractivity contribution in [1.29, 1.82) is 0 Å². The van der Waals surface area contributed by atoms with E-state index in [0.29, 0.717) is 18.0 Å². The highest BCUT2D eigenvalue weighted by Crippen LogP contribution is 2.25. The summed E-state index contributed by atoms with van der Waals surface area (Å²) < 4.78 is 0. The molecule has 1 aromatic carbocycles. The number of benzene rings is 1. The van der Waals surface area contributed by atoms with Crippen LogP contribution in [0.4, 0.5) is 5.13 Å². The lowest BCUT2D eigenvalue weighted by molar-refractivity contribution is -0.142. The van der Waals surface area contributed by atoms with Crippen molar-refractivity contribution in [3.63, 3.8) is 0 Å². The van der Waals surface area contributed by atoms with Gasteiger partial charge in [-0.05, 0) is 12.8 Å². The van der Waals surface area contributed by atoms with Gasteiger partial charge in [0, 0.05) is 17.4 Å². The number of thiazole rings is 1. The number of rotatable bonds is 8. The molecule has 1 atom stereocenters. The van der Waals surface area contributed by atoms with Crippen LogP contribution in [0.5, 0.6) is 0 Å². The summed E-state index contributed by atoms with van der Waals surface area (Å²) in [6, 6.07) is 9.73. The summed E-state index contributed by atoms with van der Waals surface area (Å²) in [6.07, 6.45) is 1.94. The Bertz CT molecular complexity index is 655. The largest absolute Gasteiger partial charge is 0.481 e. The molecular weight excluding hydrogens is 312 g/mol. The van der Waals surface area contributed by atoms with Crippen molar-refractivity contribution in [2.45, 2.75) is 32.6 Å². The Hall–Kier alpha value is -2.21. The fraction of sp³-hybridized carbons (Fsp3) is 0.353. The predicted molar refractivity (Wildman–Crippen MR) is 91.4 cm³/mol. The summed E-state index contributed by atoms with van der Waals surface area (Å²) in [5.41, 5.74) is 1.82. The topological polar surface area (TPSA) is 79.3 Å². The van der Waals surface area contributed by atoms with E-state index in [4.69, 9.17) is 5.11 Å². The standard InChI is InChI=1S/C17H20N2O3S/c1-2-6-13(16(21)22)9-10-15(20)19-17-18-14(11-23-17)12-7-4-3-5-8-12/h3-5,7-8,11,13H,2,6,9-10H2,1H3,(H,21,22)(H,18,19,20)/t13-/m1/s1. The summed E-state index contributed by atoms with van der Waals surface area (Å²) in [4.78, 5) is 27.4. The van der Waals surface area contributed by atoms with Crippen LogP contribution in [0.2, 0.25) is 0 Å². The number of carboxylic acid groups (broad SMARTS) is 1. The first kappa shape index (κ1) is 17.1. The number of nitrogens with one attached hydrogen (secondary N) is 1. The average molecular weight is 332 g/mol. The molecule has 0 unspecified atom stereocenters. The van der Waals surface area contributed by atoms with Crippen molar-refractivity contribution in [3.05, 3.63) is 35.7 Å². The SMILES string of the molecule is CCC[C@H](CCC(=O)Nc1nc(-c2ccccc2)cs1)C(=O)O. The summed E-state index contributed by atoms with van der Waals surface area (Å²) in [6.45, 7) is 1.94. The maximum atomic E-state index is 12.0. The van der Waals surface area contributed by atoms with Crippen LogP contribution < -0.4 is 5.32 Å². The van der Waals surface area contributed by atoms with E-state index < -0.39 is 11.9 Å². The molecule has 0 spiro atoms. The smallest absolute Gasteiger partial charge is 0.306 e. The highest BCUT2D eigenvalue weighted by Gasteiger charge is 2.18. The third-order valence-electron chi connectivity index (χ3n) is 3.53. The van der Waals surface area contributed by atoms with Gasteiger partial charge in [0.1, 0.15) is 0 Å². The Balaban J connectivity index is 1.88. The third kappa shape index (κ3) is 5.17. The molecule has 0 saturated carbocycles. The van der Waals surface area contributed by atoms with E-state index >= 15 is 0 Å². The van der Waals surface area contributed by atoms with E-state index in [-0.39, 0.29) is 12.3 Å². The molecule has 2 rings (SSSR count). The number of anilines is 1. The second-order valence-corrected chi connectivity index (χ2v) is 6.17. The van der Waals surface area contributed by atoms with Crippen molar-refractivity contribution < 1.29 is 14.7 Å². The fourth-order valence-electron chi connectivity index (χ4n) is 2.30. The second-order valence-electron chi connectivity index (χ2n) is 5.31. The minimum absolute atomic E-state index is 0.192. The Morgan fingerprint density at radius 1 is 1.26 bits per heavy atom. The molecule has 1 heterocycles. The summed E-state index contributed by atoms with van der Waals surface area (Å²) in [7, 11) is 0. The van der Waals surface area contributed by atoms with Crippen LogP contribution in [0.25, 0.3) is 11.3 Å². The van der Waals surface area contributed by atoms with Crippen molar-refractivity contribution in [1.82, 2.24) is 4.98 Å². The molecule has 122 valence electrons. The molecule has 6 heteroatoms. The Morgan fingerprint density at radius 3 is 2.65 bits per heavy atom. The molecule has 0 fully saturated rings. The molecule has 5 nitrogen and oxygen atoms in total. The first-order valence-electron chi connectivity index (χ1n) is 7.63. The zero-order chi connectivity index (χ0) is 16.7. The molecule has 0 aliphatic heterocycles. The molecular formula is C17H20N2O3S. The second kappa shape index (κ2) is 8.43. The predicted octanol–water partition coefficient (Wildman–Crippen LogP) is 4.03. The van der Waals surface area contributed by atoms with Gasteiger partial charge >= 0.3 is 5.97 Å². The molecule has 23 heavy (non-hydrogen) atoms. The zero-order valence-electron chi connectivity index (χ0n) is 13.0. The molecule has 0 bridgehead atoms. The van der Waals surface area contributed by atoms with Crippen LogP contribution in [0.15, 0.2) is 35.7 Å². The average Bonchev–Trinajstić information content (AvgIpc) is 3.00. The number of nitrogens with zero attached hydrogens (tertiary/aromatic N) is 1. The number of carboxylic acids is 1. The number of aliphatic carboxylic acids is 1. The number of hydrogen-bond acceptors (Lipinski definition) is 4. The van der Waals surface area contributed by atoms with Crippen LogP contribution in [0.3, 0.4) is 0 Å². The summed E-state index contributed by atoms with van der Waals surface area (Å²) in [5.74, 6) is -1.48. The highest BCUT2D eigenvalue weighted by molar-refractivity contribution is 7.14. The lowest BCUT2D eigenvalue weighted by Crippen LogP contribution is -2.18. The number of carbonyl (C=O) groups excluding carboxylic acids is 1. The van der Waals surface area contributed by atoms with Gasteiger partial charge in [-0.15, -0.1) is 11.3 Å². The van der Waals surface area contributed by atoms with Gasteiger partial charge in [-0.3, -0.25) is 9.59 Å². The van der Waals surface area contributed by atoms with Crippen LogP contribution in [-0.4, -0.2) is 22.0 Å². The zero-order valence-corrected chi connectivity index (χ0v) is 13.8. The van der Waals surface area contributed by atoms with Gasteiger partial charge in [0.05, 0.1) is 11.6 Å². The van der Waals surface area contributed by atoms with Crippen molar-refractivity contribution in [2.75, 3.05) is 5.32 Å². The van der Waals surface area contributed by atoms with E-state index in [2.05, 4.69) is 10.3 Å². The summed E-state index contributed by atoms with van der Waals surface area (Å²) in [5, 5.41) is 14.3. The number of hydrogen-bond donors (Lipinski definition) is 2. The lowest BCUT2D eigenvalue weighted by Gasteiger charge is -2.10. The van der Waals surface area contributed by atoms with Crippen molar-refractivity contribution in [3.8, 4) is 11.3 Å². The number of aromatic nitrogens is 1. The van der Waals surface area contributed by atoms with Gasteiger partial charge in [0.25, 0.3) is 0 Å². The van der Waals surface area contributed by atoms with Gasteiger partial charge in [0.15, 0.2) is 5.13 Å². The maximum Gasteiger partial charge on any atom is 0.306 e. The normalized spacial score (nSPS) is 11.9. The molecule has 0 aliphatic rings. The van der Waals surface area contributed by atoms with E-state index in [0.717, 1.165) is 17.7 Å². The molecule has 0 saturated heterocycles. The molecule has 1 aromatic heterocycles. The van der Waals surface area contributed by atoms with E-state index in [1.807, 2.05) is 42.6 Å². The maximum absolute atomic E-state index is 12.0. The van der Waals surface area contributed by atoms with Crippen molar-refractivity contribution in [2.24, 2.45) is 5.92 Å². The lowest BCUT2D eigenvalue weighted by atomic mass is 9.98. The van der Waals surface area contributed by atoms with Gasteiger partial charge in [-0.1, -0.05) is 43.7 Å². The van der Waals surface area contributed by atoms with E-state index in [9.17, 15) is 9.59 Å². The van der Waals surface area contributed by atoms with Crippen LogP contribution in [0.1, 0.15) is 32.6 Å². The van der Waals surface area contributed by atoms with Gasteiger partial charge in [0.2, 0.25) is 5.91 Å². The van der Waals surface area contributed by atoms with Crippen LogP contribution >= 0.6 is 11.3 Å². The molecule has 0 radical (unpaired) electrons. The highest BCUT2D eigenvalue weighted by atomic mass is 32.1. The van der Waals surface area contributed by atoms with E-state index in [1.54, 1.807) is 0 Å². The van der Waals surface area contributed by atoms with Gasteiger partial charge in [-0.25, -0.2) is 4.98 Å². The number of amides is 1. The number of carbonyl (C=O) groups is 2. The summed E-state index contributed by atoms with van der Waals surface area (Å²) >= 11 is 1.36. The fourth-order valence-corrected chi connectivity index (χ4v) is 3.04. The monoisotopic (exact) mass is 332 g/mol. The molecule has 1 amide bonds. The minimum atomic E-state index is -0.833. The van der Waals surface area contributed by atoms with Crippen LogP contribution in [0, 0.1) is 5.92 Å². The molecule has 2 N–H and O–H groups in total. The van der Waals surface area contributed by atoms with Crippen LogP contribution in [-0.2, 0) is 9.59 Å². The first-order valence-corrected chi connectivity index (χ1v) is 8.51. The quantitative estimate of drug-likeness (QED) is 0.765. The third-order valence-corrected chi connectivity index (χ3v) is 4.28. The van der Waals surface area contributed by atoms with Gasteiger partial charge < -0.3 is 10.4 Å². The first-order chi connectivity index (χ1) is 11.1. The minimum Gasteiger partial charge on any atom is -0.481 e. The van der Waals surface area contributed by atoms with Crippen molar-refractivity contribution >= 4 is 28.3 Å².